The first-order valence-corrected chi connectivity index (χ1v) is 7.96. The SMILES string of the molecule is CC(C)(CCN)CCC(=O)CCc1ccc2c(c1)CCO2. The van der Waals surface area contributed by atoms with E-state index in [9.17, 15) is 4.79 Å². The summed E-state index contributed by atoms with van der Waals surface area (Å²) in [5, 5.41) is 0. The lowest BCUT2D eigenvalue weighted by molar-refractivity contribution is -0.119. The van der Waals surface area contributed by atoms with Gasteiger partial charge in [-0.25, -0.2) is 0 Å². The van der Waals surface area contributed by atoms with Crippen LogP contribution in [0.3, 0.4) is 0 Å². The molecule has 0 saturated heterocycles. The van der Waals surface area contributed by atoms with Crippen molar-refractivity contribution in [1.82, 2.24) is 0 Å². The van der Waals surface area contributed by atoms with Crippen LogP contribution in [0.2, 0.25) is 0 Å². The molecule has 116 valence electrons. The average molecular weight is 289 g/mol. The minimum Gasteiger partial charge on any atom is -0.493 e. The first kappa shape index (κ1) is 16.0. The standard InChI is InChI=1S/C18H27NO2/c1-18(2,10-11-19)9-7-16(20)5-3-14-4-6-17-15(13-14)8-12-21-17/h4,6,13H,3,5,7-12,19H2,1-2H3. The quantitative estimate of drug-likeness (QED) is 0.799. The third-order valence-electron chi connectivity index (χ3n) is 4.35. The van der Waals surface area contributed by atoms with E-state index in [1.807, 2.05) is 6.07 Å². The number of carbonyl (C=O) groups excluding carboxylic acids is 1. The van der Waals surface area contributed by atoms with Gasteiger partial charge in [0.1, 0.15) is 11.5 Å². The Morgan fingerprint density at radius 2 is 2.10 bits per heavy atom. The molecule has 1 aliphatic heterocycles. The van der Waals surface area contributed by atoms with Crippen molar-refractivity contribution in [2.75, 3.05) is 13.2 Å². The fraction of sp³-hybridized carbons (Fsp3) is 0.611. The first-order valence-electron chi connectivity index (χ1n) is 7.96. The van der Waals surface area contributed by atoms with Crippen LogP contribution in [0.15, 0.2) is 18.2 Å². The Balaban J connectivity index is 1.76. The third kappa shape index (κ3) is 4.85. The van der Waals surface area contributed by atoms with Gasteiger partial charge in [0.15, 0.2) is 0 Å². The number of fused-ring (bicyclic) bond motifs is 1. The molecule has 0 amide bonds. The van der Waals surface area contributed by atoms with Gasteiger partial charge in [0, 0.05) is 19.3 Å². The normalized spacial score (nSPS) is 13.9. The molecule has 1 aliphatic rings. The summed E-state index contributed by atoms with van der Waals surface area (Å²) in [4.78, 5) is 12.0. The summed E-state index contributed by atoms with van der Waals surface area (Å²) in [6, 6.07) is 6.30. The summed E-state index contributed by atoms with van der Waals surface area (Å²) < 4.78 is 5.50. The fourth-order valence-electron chi connectivity index (χ4n) is 2.80. The summed E-state index contributed by atoms with van der Waals surface area (Å²) in [6.45, 7) is 5.85. The van der Waals surface area contributed by atoms with Gasteiger partial charge >= 0.3 is 0 Å². The molecule has 0 unspecified atom stereocenters. The maximum Gasteiger partial charge on any atom is 0.133 e. The molecule has 3 nitrogen and oxygen atoms in total. The summed E-state index contributed by atoms with van der Waals surface area (Å²) in [5.74, 6) is 1.37. The lowest BCUT2D eigenvalue weighted by Crippen LogP contribution is -2.18. The van der Waals surface area contributed by atoms with Crippen molar-refractivity contribution in [3.05, 3.63) is 29.3 Å². The molecule has 0 atom stereocenters. The van der Waals surface area contributed by atoms with Crippen molar-refractivity contribution in [3.8, 4) is 5.75 Å². The van der Waals surface area contributed by atoms with Crippen LogP contribution in [0.25, 0.3) is 0 Å². The highest BCUT2D eigenvalue weighted by molar-refractivity contribution is 5.78. The van der Waals surface area contributed by atoms with Crippen molar-refractivity contribution in [2.24, 2.45) is 11.1 Å². The minimum absolute atomic E-state index is 0.176. The van der Waals surface area contributed by atoms with Gasteiger partial charge in [0.05, 0.1) is 6.61 Å². The lowest BCUT2D eigenvalue weighted by Gasteiger charge is -2.23. The van der Waals surface area contributed by atoms with Gasteiger partial charge in [-0.15, -0.1) is 0 Å². The van der Waals surface area contributed by atoms with Gasteiger partial charge in [-0.3, -0.25) is 4.79 Å². The molecule has 0 radical (unpaired) electrons. The molecule has 2 rings (SSSR count). The second-order valence-corrected chi connectivity index (χ2v) is 6.78. The summed E-state index contributed by atoms with van der Waals surface area (Å²) in [7, 11) is 0. The molecular formula is C18H27NO2. The van der Waals surface area contributed by atoms with Crippen molar-refractivity contribution < 1.29 is 9.53 Å². The predicted octanol–water partition coefficient (Wildman–Crippen LogP) is 3.28. The molecule has 1 aromatic carbocycles. The molecule has 1 aromatic rings. The maximum atomic E-state index is 12.0. The van der Waals surface area contributed by atoms with Crippen molar-refractivity contribution in [2.45, 2.75) is 52.4 Å². The molecule has 0 spiro atoms. The number of nitrogens with two attached hydrogens (primary N) is 1. The van der Waals surface area contributed by atoms with E-state index in [0.717, 1.165) is 38.0 Å². The molecule has 0 saturated carbocycles. The van der Waals surface area contributed by atoms with Gasteiger partial charge in [-0.1, -0.05) is 26.0 Å². The molecule has 0 aromatic heterocycles. The van der Waals surface area contributed by atoms with E-state index in [2.05, 4.69) is 26.0 Å². The lowest BCUT2D eigenvalue weighted by atomic mass is 9.83. The number of rotatable bonds is 8. The third-order valence-corrected chi connectivity index (χ3v) is 4.35. The van der Waals surface area contributed by atoms with Crippen LogP contribution in [-0.2, 0) is 17.6 Å². The molecule has 1 heterocycles. The second kappa shape index (κ2) is 7.08. The molecule has 0 aliphatic carbocycles. The molecule has 0 fully saturated rings. The van der Waals surface area contributed by atoms with Crippen LogP contribution in [-0.4, -0.2) is 18.9 Å². The van der Waals surface area contributed by atoms with Crippen LogP contribution in [0, 0.1) is 5.41 Å². The van der Waals surface area contributed by atoms with E-state index in [1.54, 1.807) is 0 Å². The van der Waals surface area contributed by atoms with Crippen LogP contribution in [0.5, 0.6) is 5.75 Å². The number of hydrogen-bond donors (Lipinski definition) is 1. The Hall–Kier alpha value is -1.35. The minimum atomic E-state index is 0.176. The summed E-state index contributed by atoms with van der Waals surface area (Å²) >= 11 is 0. The van der Waals surface area contributed by atoms with Gasteiger partial charge in [-0.2, -0.15) is 0 Å². The highest BCUT2D eigenvalue weighted by Gasteiger charge is 2.18. The Morgan fingerprint density at radius 3 is 2.86 bits per heavy atom. The molecular weight excluding hydrogens is 262 g/mol. The summed E-state index contributed by atoms with van der Waals surface area (Å²) in [5.41, 5.74) is 8.31. The number of carbonyl (C=O) groups is 1. The highest BCUT2D eigenvalue weighted by Crippen LogP contribution is 2.28. The molecule has 2 N–H and O–H groups in total. The zero-order chi connectivity index (χ0) is 15.3. The van der Waals surface area contributed by atoms with Gasteiger partial charge in [0.2, 0.25) is 0 Å². The van der Waals surface area contributed by atoms with E-state index in [4.69, 9.17) is 10.5 Å². The number of Topliss-reactive ketones (excluding diaryl/α,β-unsaturated/α-hetero) is 1. The number of benzene rings is 1. The molecule has 0 bridgehead atoms. The van der Waals surface area contributed by atoms with Crippen LogP contribution in [0.4, 0.5) is 0 Å². The Labute approximate surface area is 127 Å². The van der Waals surface area contributed by atoms with Crippen LogP contribution >= 0.6 is 0 Å². The first-order chi connectivity index (χ1) is 10.00. The molecule has 3 heteroatoms. The fourth-order valence-corrected chi connectivity index (χ4v) is 2.80. The largest absolute Gasteiger partial charge is 0.493 e. The maximum absolute atomic E-state index is 12.0. The summed E-state index contributed by atoms with van der Waals surface area (Å²) in [6.07, 6.45) is 5.04. The van der Waals surface area contributed by atoms with E-state index in [0.29, 0.717) is 25.2 Å². The zero-order valence-corrected chi connectivity index (χ0v) is 13.3. The number of hydrogen-bond acceptors (Lipinski definition) is 3. The van der Waals surface area contributed by atoms with Crippen LogP contribution in [0.1, 0.15) is 50.7 Å². The van der Waals surface area contributed by atoms with Crippen molar-refractivity contribution in [3.63, 3.8) is 0 Å². The second-order valence-electron chi connectivity index (χ2n) is 6.78. The van der Waals surface area contributed by atoms with E-state index in [-0.39, 0.29) is 5.41 Å². The highest BCUT2D eigenvalue weighted by atomic mass is 16.5. The van der Waals surface area contributed by atoms with Gasteiger partial charge in [0.25, 0.3) is 0 Å². The molecule has 21 heavy (non-hydrogen) atoms. The van der Waals surface area contributed by atoms with Crippen molar-refractivity contribution in [1.29, 1.82) is 0 Å². The van der Waals surface area contributed by atoms with E-state index >= 15 is 0 Å². The number of ketones is 1. The van der Waals surface area contributed by atoms with Crippen LogP contribution < -0.4 is 10.5 Å². The Kier molecular flexibility index (Phi) is 5.40. The average Bonchev–Trinajstić information content (AvgIpc) is 2.90. The zero-order valence-electron chi connectivity index (χ0n) is 13.3. The smallest absolute Gasteiger partial charge is 0.133 e. The van der Waals surface area contributed by atoms with Gasteiger partial charge in [-0.05, 0) is 48.4 Å². The monoisotopic (exact) mass is 289 g/mol. The topological polar surface area (TPSA) is 52.3 Å². The Morgan fingerprint density at radius 1 is 1.29 bits per heavy atom. The predicted molar refractivity (Wildman–Crippen MR) is 85.7 cm³/mol. The van der Waals surface area contributed by atoms with E-state index < -0.39 is 0 Å². The van der Waals surface area contributed by atoms with E-state index in [1.165, 1.54) is 11.1 Å². The van der Waals surface area contributed by atoms with Gasteiger partial charge < -0.3 is 10.5 Å². The number of ether oxygens (including phenoxy) is 1. The number of aryl methyl sites for hydroxylation is 1. The van der Waals surface area contributed by atoms with Crippen molar-refractivity contribution >= 4 is 5.78 Å². The Bertz CT molecular complexity index is 494.